The highest BCUT2D eigenvalue weighted by Gasteiger charge is 2.22. The zero-order valence-electron chi connectivity index (χ0n) is 4.65. The molecule has 1 fully saturated rings. The fourth-order valence-electron chi connectivity index (χ4n) is 1.23. The Hall–Kier alpha value is -0.340. The lowest BCUT2D eigenvalue weighted by molar-refractivity contribution is 0.695. The lowest BCUT2D eigenvalue weighted by Gasteiger charge is -2.00. The molecule has 0 aliphatic carbocycles. The van der Waals surface area contributed by atoms with Crippen molar-refractivity contribution < 1.29 is 0 Å². The maximum Gasteiger partial charge on any atom is 0.0450 e. The smallest absolute Gasteiger partial charge is 0.0450 e. The molecule has 2 heteroatoms. The van der Waals surface area contributed by atoms with Gasteiger partial charge in [-0.05, 0) is 5.57 Å². The Balaban J connectivity index is 2.20. The van der Waals surface area contributed by atoms with Crippen LogP contribution in [0.5, 0.6) is 0 Å². The second kappa shape index (κ2) is 1.57. The fourth-order valence-corrected chi connectivity index (χ4v) is 1.23. The molecule has 0 bridgehead atoms. The van der Waals surface area contributed by atoms with E-state index in [0.717, 1.165) is 13.1 Å². The SMILES string of the molecule is [CH]1C=C2CNCC2N1. The van der Waals surface area contributed by atoms with Gasteiger partial charge in [0.15, 0.2) is 0 Å². The summed E-state index contributed by atoms with van der Waals surface area (Å²) in [6, 6.07) is 0.620. The first-order valence-electron chi connectivity index (χ1n) is 2.96. The number of hydrogen-bond acceptors (Lipinski definition) is 2. The Morgan fingerprint density at radius 1 is 1.62 bits per heavy atom. The topological polar surface area (TPSA) is 24.1 Å². The highest BCUT2D eigenvalue weighted by Crippen LogP contribution is 2.12. The van der Waals surface area contributed by atoms with Crippen molar-refractivity contribution in [1.82, 2.24) is 10.6 Å². The predicted molar refractivity (Wildman–Crippen MR) is 32.2 cm³/mol. The molecule has 0 saturated carbocycles. The summed E-state index contributed by atoms with van der Waals surface area (Å²) >= 11 is 0. The molecule has 2 aliphatic heterocycles. The molecule has 0 spiro atoms. The molecular formula is C6H9N2. The summed E-state index contributed by atoms with van der Waals surface area (Å²) in [7, 11) is 0. The molecule has 2 rings (SSSR count). The normalized spacial score (nSPS) is 35.0. The summed E-state index contributed by atoms with van der Waals surface area (Å²) in [5, 5.41) is 6.51. The van der Waals surface area contributed by atoms with Gasteiger partial charge in [-0.15, -0.1) is 0 Å². The summed E-state index contributed by atoms with van der Waals surface area (Å²) in [5.41, 5.74) is 1.50. The molecule has 0 aromatic rings. The van der Waals surface area contributed by atoms with Gasteiger partial charge in [0.25, 0.3) is 0 Å². The summed E-state index contributed by atoms with van der Waals surface area (Å²) in [6.45, 7) is 4.21. The van der Waals surface area contributed by atoms with Gasteiger partial charge in [0.1, 0.15) is 0 Å². The summed E-state index contributed by atoms with van der Waals surface area (Å²) < 4.78 is 0. The van der Waals surface area contributed by atoms with Crippen LogP contribution in [0.25, 0.3) is 0 Å². The third kappa shape index (κ3) is 0.501. The minimum Gasteiger partial charge on any atom is -0.311 e. The highest BCUT2D eigenvalue weighted by molar-refractivity contribution is 5.27. The van der Waals surface area contributed by atoms with E-state index in [1.54, 1.807) is 0 Å². The molecule has 43 valence electrons. The van der Waals surface area contributed by atoms with Crippen LogP contribution in [0.1, 0.15) is 0 Å². The standard InChI is InChI=1S/C6H9N2/c1-2-8-6-4-7-3-5(1)6/h1-2,6-8H,3-4H2. The zero-order chi connectivity index (χ0) is 5.40. The van der Waals surface area contributed by atoms with Gasteiger partial charge in [-0.1, -0.05) is 6.08 Å². The van der Waals surface area contributed by atoms with Gasteiger partial charge in [0.2, 0.25) is 0 Å². The highest BCUT2D eigenvalue weighted by atomic mass is 15.0. The first kappa shape index (κ1) is 4.53. The van der Waals surface area contributed by atoms with E-state index in [1.807, 2.05) is 6.54 Å². The van der Waals surface area contributed by atoms with Crippen molar-refractivity contribution in [2.45, 2.75) is 6.04 Å². The molecule has 2 N–H and O–H groups in total. The summed E-state index contributed by atoms with van der Waals surface area (Å²) in [6.07, 6.45) is 2.16. The van der Waals surface area contributed by atoms with Crippen LogP contribution in [0, 0.1) is 6.54 Å². The number of rotatable bonds is 0. The lowest BCUT2D eigenvalue weighted by Crippen LogP contribution is -2.25. The average Bonchev–Trinajstić information content (AvgIpc) is 2.15. The number of hydrogen-bond donors (Lipinski definition) is 2. The van der Waals surface area contributed by atoms with Crippen LogP contribution in [0.3, 0.4) is 0 Å². The Morgan fingerprint density at radius 3 is 3.50 bits per heavy atom. The molecule has 1 atom stereocenters. The van der Waals surface area contributed by atoms with Crippen molar-refractivity contribution in [3.8, 4) is 0 Å². The largest absolute Gasteiger partial charge is 0.311 e. The van der Waals surface area contributed by atoms with Crippen LogP contribution >= 0.6 is 0 Å². The Labute approximate surface area is 49.0 Å². The van der Waals surface area contributed by atoms with Crippen molar-refractivity contribution in [2.24, 2.45) is 0 Å². The van der Waals surface area contributed by atoms with E-state index in [4.69, 9.17) is 0 Å². The van der Waals surface area contributed by atoms with Crippen LogP contribution in [0.15, 0.2) is 11.6 Å². The molecule has 0 aromatic heterocycles. The van der Waals surface area contributed by atoms with Crippen LogP contribution in [0.2, 0.25) is 0 Å². The third-order valence-electron chi connectivity index (χ3n) is 1.72. The van der Waals surface area contributed by atoms with Gasteiger partial charge in [-0.25, -0.2) is 0 Å². The van der Waals surface area contributed by atoms with Gasteiger partial charge in [-0.2, -0.15) is 0 Å². The van der Waals surface area contributed by atoms with Gasteiger partial charge < -0.3 is 10.6 Å². The number of nitrogens with one attached hydrogen (secondary N) is 2. The van der Waals surface area contributed by atoms with E-state index < -0.39 is 0 Å². The van der Waals surface area contributed by atoms with Crippen LogP contribution in [0.4, 0.5) is 0 Å². The maximum atomic E-state index is 3.27. The van der Waals surface area contributed by atoms with Crippen molar-refractivity contribution in [3.63, 3.8) is 0 Å². The fraction of sp³-hybridized carbons (Fsp3) is 0.500. The molecular weight excluding hydrogens is 100 g/mol. The Bertz CT molecular complexity index is 128. The van der Waals surface area contributed by atoms with E-state index in [-0.39, 0.29) is 0 Å². The molecule has 0 aromatic carbocycles. The molecule has 2 nitrogen and oxygen atoms in total. The summed E-state index contributed by atoms with van der Waals surface area (Å²) in [5.74, 6) is 0. The maximum absolute atomic E-state index is 3.27. The van der Waals surface area contributed by atoms with Gasteiger partial charge >= 0.3 is 0 Å². The van der Waals surface area contributed by atoms with E-state index in [2.05, 4.69) is 16.7 Å². The quantitative estimate of drug-likeness (QED) is 0.444. The van der Waals surface area contributed by atoms with Crippen LogP contribution < -0.4 is 10.6 Å². The first-order valence-corrected chi connectivity index (χ1v) is 2.96. The van der Waals surface area contributed by atoms with E-state index in [0.29, 0.717) is 6.04 Å². The second-order valence-electron chi connectivity index (χ2n) is 2.26. The monoisotopic (exact) mass is 109 g/mol. The van der Waals surface area contributed by atoms with E-state index in [9.17, 15) is 0 Å². The van der Waals surface area contributed by atoms with E-state index in [1.165, 1.54) is 5.57 Å². The van der Waals surface area contributed by atoms with Crippen molar-refractivity contribution in [1.29, 1.82) is 0 Å². The minimum atomic E-state index is 0.620. The van der Waals surface area contributed by atoms with Crippen molar-refractivity contribution in [2.75, 3.05) is 13.1 Å². The van der Waals surface area contributed by atoms with Crippen molar-refractivity contribution >= 4 is 0 Å². The lowest BCUT2D eigenvalue weighted by atomic mass is 10.2. The van der Waals surface area contributed by atoms with Crippen LogP contribution in [-0.2, 0) is 0 Å². The Morgan fingerprint density at radius 2 is 2.62 bits per heavy atom. The zero-order valence-corrected chi connectivity index (χ0v) is 4.65. The number of fused-ring (bicyclic) bond motifs is 1. The molecule has 1 radical (unpaired) electrons. The van der Waals surface area contributed by atoms with Crippen LogP contribution in [-0.4, -0.2) is 19.1 Å². The molecule has 8 heavy (non-hydrogen) atoms. The molecule has 2 aliphatic rings. The van der Waals surface area contributed by atoms with Gasteiger partial charge in [0, 0.05) is 25.7 Å². The van der Waals surface area contributed by atoms with E-state index >= 15 is 0 Å². The molecule has 1 unspecified atom stereocenters. The second-order valence-corrected chi connectivity index (χ2v) is 2.26. The first-order chi connectivity index (χ1) is 3.97. The third-order valence-corrected chi connectivity index (χ3v) is 1.72. The minimum absolute atomic E-state index is 0.620. The average molecular weight is 109 g/mol. The molecule has 1 saturated heterocycles. The Kier molecular flexibility index (Phi) is 0.889. The van der Waals surface area contributed by atoms with Gasteiger partial charge in [0.05, 0.1) is 0 Å². The summed E-state index contributed by atoms with van der Waals surface area (Å²) in [4.78, 5) is 0. The van der Waals surface area contributed by atoms with Gasteiger partial charge in [-0.3, -0.25) is 0 Å². The predicted octanol–water partition coefficient (Wildman–Crippen LogP) is -0.350. The molecule has 2 heterocycles. The molecule has 0 amide bonds. The van der Waals surface area contributed by atoms with Crippen molar-refractivity contribution in [3.05, 3.63) is 18.2 Å².